The third-order valence-electron chi connectivity index (χ3n) is 8.59. The highest BCUT2D eigenvalue weighted by molar-refractivity contribution is 7.89. The number of nitro benzene ring substituents is 1. The number of nitrogens with zero attached hydrogens (tertiary/aromatic N) is 3. The second-order valence-electron chi connectivity index (χ2n) is 11.7. The van der Waals surface area contributed by atoms with Gasteiger partial charge in [0, 0.05) is 37.2 Å². The van der Waals surface area contributed by atoms with E-state index in [1.165, 1.54) is 22.5 Å². The Balaban J connectivity index is 0.00000600. The minimum Gasteiger partial charge on any atom is -0.459 e. The summed E-state index contributed by atoms with van der Waals surface area (Å²) in [6, 6.07) is 23.1. The average molecular weight is 687 g/mol. The van der Waals surface area contributed by atoms with Crippen LogP contribution in [0.1, 0.15) is 30.4 Å². The van der Waals surface area contributed by atoms with Crippen molar-refractivity contribution < 1.29 is 28.0 Å². The number of carbonyl (C=O) groups is 1. The number of non-ortho nitro benzene ring substituents is 1. The molecule has 11 nitrogen and oxygen atoms in total. The van der Waals surface area contributed by atoms with Gasteiger partial charge in [-0.15, -0.1) is 19.0 Å². The fourth-order valence-corrected chi connectivity index (χ4v) is 7.03. The zero-order chi connectivity index (χ0) is 33.2. The van der Waals surface area contributed by atoms with E-state index in [2.05, 4.69) is 16.8 Å². The van der Waals surface area contributed by atoms with Crippen LogP contribution in [0.5, 0.6) is 0 Å². The van der Waals surface area contributed by atoms with Gasteiger partial charge in [-0.05, 0) is 74.3 Å². The number of aliphatic hydroxyl groups excluding tert-OH is 1. The van der Waals surface area contributed by atoms with Gasteiger partial charge in [0.15, 0.2) is 0 Å². The fourth-order valence-electron chi connectivity index (χ4n) is 5.75. The van der Waals surface area contributed by atoms with E-state index in [4.69, 9.17) is 4.74 Å². The standard InChI is InChI=1S/C34H42N4O7S.ClH/c1-3-32(33(40)45-24-27-14-16-30(17-15-27)38(41)42)35-29-18-21-37(22-19-29)23-20-34(26-39,28-10-6-4-7-11-28)25-36(2)46(43,44)31-12-8-5-9-13-31;/h3-17,29,32,35,39H,1,18-26H2,2H3;1H. The summed E-state index contributed by atoms with van der Waals surface area (Å²) in [7, 11) is -2.20. The van der Waals surface area contributed by atoms with Crippen LogP contribution in [-0.4, -0.2) is 85.5 Å². The number of nitrogens with one attached hydrogen (secondary N) is 1. The van der Waals surface area contributed by atoms with Gasteiger partial charge in [-0.2, -0.15) is 4.31 Å². The number of piperidine rings is 1. The molecule has 1 fully saturated rings. The lowest BCUT2D eigenvalue weighted by Crippen LogP contribution is -2.50. The van der Waals surface area contributed by atoms with Crippen LogP contribution < -0.4 is 5.32 Å². The van der Waals surface area contributed by atoms with Crippen molar-refractivity contribution in [2.75, 3.05) is 39.8 Å². The number of halogens is 1. The average Bonchev–Trinajstić information content (AvgIpc) is 3.09. The molecule has 2 atom stereocenters. The number of nitro groups is 1. The van der Waals surface area contributed by atoms with Crippen molar-refractivity contribution in [1.29, 1.82) is 0 Å². The molecule has 0 aliphatic carbocycles. The summed E-state index contributed by atoms with van der Waals surface area (Å²) < 4.78 is 33.5. The number of ether oxygens (including phenoxy) is 1. The molecule has 254 valence electrons. The van der Waals surface area contributed by atoms with E-state index in [0.717, 1.165) is 31.5 Å². The van der Waals surface area contributed by atoms with Crippen LogP contribution in [0.4, 0.5) is 5.69 Å². The quantitative estimate of drug-likeness (QED) is 0.0976. The summed E-state index contributed by atoms with van der Waals surface area (Å²) in [6.07, 6.45) is 3.62. The maximum absolute atomic E-state index is 13.4. The van der Waals surface area contributed by atoms with Crippen molar-refractivity contribution in [3.05, 3.63) is 119 Å². The third kappa shape index (κ3) is 9.92. The molecular formula is C34H43ClN4O7S. The minimum absolute atomic E-state index is 0. The second-order valence-corrected chi connectivity index (χ2v) is 13.7. The molecule has 1 aliphatic heterocycles. The zero-order valence-corrected chi connectivity index (χ0v) is 28.1. The number of esters is 1. The highest BCUT2D eigenvalue weighted by atomic mass is 35.5. The predicted molar refractivity (Wildman–Crippen MR) is 183 cm³/mol. The molecule has 2 unspecified atom stereocenters. The van der Waals surface area contributed by atoms with Gasteiger partial charge in [0.05, 0.1) is 16.4 Å². The smallest absolute Gasteiger partial charge is 0.327 e. The molecule has 47 heavy (non-hydrogen) atoms. The molecular weight excluding hydrogens is 644 g/mol. The Morgan fingerprint density at radius 3 is 2.26 bits per heavy atom. The van der Waals surface area contributed by atoms with E-state index >= 15 is 0 Å². The molecule has 0 radical (unpaired) electrons. The van der Waals surface area contributed by atoms with Crippen LogP contribution in [0.15, 0.2) is 102 Å². The van der Waals surface area contributed by atoms with Gasteiger partial charge in [-0.3, -0.25) is 15.4 Å². The number of likely N-dealkylation sites (N-methyl/N-ethyl adjacent to an activating group) is 1. The lowest BCUT2D eigenvalue weighted by molar-refractivity contribution is -0.384. The molecule has 0 amide bonds. The molecule has 3 aromatic carbocycles. The van der Waals surface area contributed by atoms with Crippen molar-refractivity contribution in [3.8, 4) is 0 Å². The van der Waals surface area contributed by atoms with Gasteiger partial charge in [0.1, 0.15) is 12.6 Å². The van der Waals surface area contributed by atoms with Crippen LogP contribution in [0.3, 0.4) is 0 Å². The first kappa shape index (κ1) is 37.8. The van der Waals surface area contributed by atoms with E-state index in [1.54, 1.807) is 49.5 Å². The van der Waals surface area contributed by atoms with Crippen molar-refractivity contribution in [2.24, 2.45) is 0 Å². The van der Waals surface area contributed by atoms with E-state index < -0.39 is 32.4 Å². The molecule has 0 bridgehead atoms. The largest absolute Gasteiger partial charge is 0.459 e. The van der Waals surface area contributed by atoms with Crippen LogP contribution in [-0.2, 0) is 31.6 Å². The van der Waals surface area contributed by atoms with Crippen molar-refractivity contribution >= 4 is 34.1 Å². The lowest BCUT2D eigenvalue weighted by atomic mass is 9.77. The van der Waals surface area contributed by atoms with Crippen LogP contribution >= 0.6 is 12.4 Å². The summed E-state index contributed by atoms with van der Waals surface area (Å²) in [5.41, 5.74) is 0.685. The second kappa shape index (κ2) is 17.5. The first-order valence-electron chi connectivity index (χ1n) is 15.3. The SMILES string of the molecule is C=CC(NC1CCN(CCC(CO)(CN(C)S(=O)(=O)c2ccccc2)c2ccccc2)CC1)C(=O)OCc1ccc([N+](=O)[O-])cc1.Cl. The fraction of sp³-hybridized carbons (Fsp3) is 0.382. The van der Waals surface area contributed by atoms with E-state index in [-0.39, 0.29) is 48.8 Å². The van der Waals surface area contributed by atoms with Gasteiger partial charge < -0.3 is 14.7 Å². The van der Waals surface area contributed by atoms with Crippen LogP contribution in [0.2, 0.25) is 0 Å². The van der Waals surface area contributed by atoms with Gasteiger partial charge in [-0.1, -0.05) is 54.6 Å². The molecule has 1 aliphatic rings. The van der Waals surface area contributed by atoms with Crippen molar-refractivity contribution in [1.82, 2.24) is 14.5 Å². The van der Waals surface area contributed by atoms with Gasteiger partial charge >= 0.3 is 5.97 Å². The number of carbonyl (C=O) groups excluding carboxylic acids is 1. The van der Waals surface area contributed by atoms with Crippen molar-refractivity contribution in [2.45, 2.75) is 48.3 Å². The summed E-state index contributed by atoms with van der Waals surface area (Å²) in [5.74, 6) is -0.471. The summed E-state index contributed by atoms with van der Waals surface area (Å²) in [5, 5.41) is 25.0. The Labute approximate surface area is 282 Å². The Hall–Kier alpha value is -3.65. The summed E-state index contributed by atoms with van der Waals surface area (Å²) in [4.78, 5) is 25.6. The first-order valence-corrected chi connectivity index (χ1v) is 16.7. The molecule has 1 saturated heterocycles. The Morgan fingerprint density at radius 1 is 1.11 bits per heavy atom. The van der Waals surface area contributed by atoms with Gasteiger partial charge in [0.25, 0.3) is 5.69 Å². The van der Waals surface area contributed by atoms with Gasteiger partial charge in [0.2, 0.25) is 10.0 Å². The predicted octanol–water partition coefficient (Wildman–Crippen LogP) is 4.31. The zero-order valence-electron chi connectivity index (χ0n) is 26.4. The molecule has 3 aromatic rings. The summed E-state index contributed by atoms with van der Waals surface area (Å²) in [6.45, 7) is 5.85. The van der Waals surface area contributed by atoms with E-state index in [1.807, 2.05) is 30.3 Å². The number of hydrogen-bond acceptors (Lipinski definition) is 9. The topological polar surface area (TPSA) is 142 Å². The summed E-state index contributed by atoms with van der Waals surface area (Å²) >= 11 is 0. The number of rotatable bonds is 16. The number of benzene rings is 3. The molecule has 0 spiro atoms. The highest BCUT2D eigenvalue weighted by Crippen LogP contribution is 2.31. The number of aliphatic hydroxyl groups is 1. The van der Waals surface area contributed by atoms with Crippen molar-refractivity contribution in [3.63, 3.8) is 0 Å². The number of sulfonamides is 1. The molecule has 2 N–H and O–H groups in total. The van der Waals surface area contributed by atoms with Crippen LogP contribution in [0, 0.1) is 10.1 Å². The molecule has 13 heteroatoms. The maximum atomic E-state index is 13.4. The number of likely N-dealkylation sites (tertiary alicyclic amines) is 1. The minimum atomic E-state index is -3.76. The molecule has 1 heterocycles. The van der Waals surface area contributed by atoms with Gasteiger partial charge in [-0.25, -0.2) is 13.2 Å². The third-order valence-corrected chi connectivity index (χ3v) is 10.4. The van der Waals surface area contributed by atoms with E-state index in [0.29, 0.717) is 18.5 Å². The molecule has 4 rings (SSSR count). The number of hydrogen-bond donors (Lipinski definition) is 2. The monoisotopic (exact) mass is 686 g/mol. The Bertz CT molecular complexity index is 1550. The first-order chi connectivity index (χ1) is 22.1. The van der Waals surface area contributed by atoms with Crippen LogP contribution in [0.25, 0.3) is 0 Å². The Kier molecular flexibility index (Phi) is 14.1. The lowest BCUT2D eigenvalue weighted by Gasteiger charge is -2.39. The highest BCUT2D eigenvalue weighted by Gasteiger charge is 2.37. The maximum Gasteiger partial charge on any atom is 0.327 e. The Morgan fingerprint density at radius 2 is 1.70 bits per heavy atom. The molecule has 0 saturated carbocycles. The normalized spacial score (nSPS) is 16.1. The van der Waals surface area contributed by atoms with E-state index in [9.17, 15) is 28.4 Å². The molecule has 0 aromatic heterocycles.